The molecule has 1 aliphatic carbocycles. The number of hydrogen-bond donors (Lipinski definition) is 2. The number of hydrogen-bond acceptors (Lipinski definition) is 4. The summed E-state index contributed by atoms with van der Waals surface area (Å²) in [4.78, 5) is 15.6. The number of nitrogens with zero attached hydrogens (tertiary/aromatic N) is 1. The standard InChI is InChI=1S/C15H24N2O2S/c1-15(2,3)12-9-20-13(17-12)8-16-11-6-4-10(5-7-11)14(18)19/h9-11,16H,4-8H2,1-3H3,(H,18,19). The van der Waals surface area contributed by atoms with Crippen LogP contribution in [0.1, 0.15) is 57.2 Å². The molecular weight excluding hydrogens is 272 g/mol. The molecule has 0 aliphatic heterocycles. The SMILES string of the molecule is CC(C)(C)c1csc(CNC2CCC(C(=O)O)CC2)n1. The van der Waals surface area contributed by atoms with Crippen molar-refractivity contribution in [3.63, 3.8) is 0 Å². The summed E-state index contributed by atoms with van der Waals surface area (Å²) < 4.78 is 0. The van der Waals surface area contributed by atoms with Crippen LogP contribution >= 0.6 is 11.3 Å². The summed E-state index contributed by atoms with van der Waals surface area (Å²) in [6.45, 7) is 7.31. The van der Waals surface area contributed by atoms with Crippen molar-refractivity contribution < 1.29 is 9.90 Å². The third-order valence-corrected chi connectivity index (χ3v) is 4.79. The molecule has 0 spiro atoms. The summed E-state index contributed by atoms with van der Waals surface area (Å²) in [5, 5.41) is 15.8. The van der Waals surface area contributed by atoms with Gasteiger partial charge in [0.2, 0.25) is 0 Å². The van der Waals surface area contributed by atoms with Gasteiger partial charge in [-0.2, -0.15) is 0 Å². The molecule has 4 nitrogen and oxygen atoms in total. The zero-order valence-corrected chi connectivity index (χ0v) is 13.3. The fourth-order valence-electron chi connectivity index (χ4n) is 2.51. The molecule has 1 aliphatic rings. The predicted molar refractivity (Wildman–Crippen MR) is 81.0 cm³/mol. The van der Waals surface area contributed by atoms with Gasteiger partial charge in [-0.25, -0.2) is 4.98 Å². The predicted octanol–water partition coefficient (Wildman–Crippen LogP) is 3.17. The Kier molecular flexibility index (Phi) is 4.81. The molecule has 112 valence electrons. The highest BCUT2D eigenvalue weighted by Crippen LogP contribution is 2.26. The normalized spacial score (nSPS) is 23.8. The van der Waals surface area contributed by atoms with E-state index < -0.39 is 5.97 Å². The van der Waals surface area contributed by atoms with E-state index in [2.05, 4.69) is 36.5 Å². The van der Waals surface area contributed by atoms with Gasteiger partial charge in [-0.3, -0.25) is 4.79 Å². The molecule has 20 heavy (non-hydrogen) atoms. The fourth-order valence-corrected chi connectivity index (χ4v) is 3.48. The average Bonchev–Trinajstić information content (AvgIpc) is 2.85. The summed E-state index contributed by atoms with van der Waals surface area (Å²) in [5.41, 5.74) is 1.25. The zero-order valence-electron chi connectivity index (χ0n) is 12.5. The molecule has 0 amide bonds. The molecule has 0 radical (unpaired) electrons. The number of aliphatic carboxylic acids is 1. The van der Waals surface area contributed by atoms with Crippen molar-refractivity contribution >= 4 is 17.3 Å². The molecule has 0 bridgehead atoms. The van der Waals surface area contributed by atoms with Gasteiger partial charge in [0.1, 0.15) is 5.01 Å². The lowest BCUT2D eigenvalue weighted by molar-refractivity contribution is -0.142. The highest BCUT2D eigenvalue weighted by molar-refractivity contribution is 7.09. The second-order valence-electron chi connectivity index (χ2n) is 6.64. The first-order valence-corrected chi connectivity index (χ1v) is 8.15. The molecule has 2 N–H and O–H groups in total. The van der Waals surface area contributed by atoms with Gasteiger partial charge in [-0.05, 0) is 25.7 Å². The van der Waals surface area contributed by atoms with Crippen LogP contribution in [0.2, 0.25) is 0 Å². The van der Waals surface area contributed by atoms with E-state index in [4.69, 9.17) is 5.11 Å². The molecule has 1 saturated carbocycles. The van der Waals surface area contributed by atoms with Crippen molar-refractivity contribution in [3.8, 4) is 0 Å². The number of carboxylic acids is 1. The minimum absolute atomic E-state index is 0.105. The minimum Gasteiger partial charge on any atom is -0.481 e. The maximum Gasteiger partial charge on any atom is 0.306 e. The minimum atomic E-state index is -0.641. The molecule has 1 aromatic heterocycles. The summed E-state index contributed by atoms with van der Waals surface area (Å²) in [6, 6.07) is 0.438. The van der Waals surface area contributed by atoms with Crippen LogP contribution in [0.15, 0.2) is 5.38 Å². The number of nitrogens with one attached hydrogen (secondary N) is 1. The van der Waals surface area contributed by atoms with E-state index in [-0.39, 0.29) is 11.3 Å². The van der Waals surface area contributed by atoms with Gasteiger partial charge in [0.15, 0.2) is 0 Å². The number of rotatable bonds is 4. The smallest absolute Gasteiger partial charge is 0.306 e. The largest absolute Gasteiger partial charge is 0.481 e. The molecule has 1 fully saturated rings. The fraction of sp³-hybridized carbons (Fsp3) is 0.733. The van der Waals surface area contributed by atoms with Gasteiger partial charge < -0.3 is 10.4 Å². The Morgan fingerprint density at radius 2 is 2.05 bits per heavy atom. The molecule has 2 rings (SSSR count). The van der Waals surface area contributed by atoms with Crippen molar-refractivity contribution in [2.45, 2.75) is 64.5 Å². The number of carbonyl (C=O) groups is 1. The van der Waals surface area contributed by atoms with Gasteiger partial charge in [-0.1, -0.05) is 20.8 Å². The van der Waals surface area contributed by atoms with Gasteiger partial charge in [-0.15, -0.1) is 11.3 Å². The van der Waals surface area contributed by atoms with Crippen molar-refractivity contribution in [1.29, 1.82) is 0 Å². The Bertz CT molecular complexity index is 457. The van der Waals surface area contributed by atoms with Gasteiger partial charge in [0.25, 0.3) is 0 Å². The van der Waals surface area contributed by atoms with Crippen molar-refractivity contribution in [1.82, 2.24) is 10.3 Å². The van der Waals surface area contributed by atoms with Crippen molar-refractivity contribution in [2.24, 2.45) is 5.92 Å². The van der Waals surface area contributed by atoms with Crippen LogP contribution in [0, 0.1) is 5.92 Å². The van der Waals surface area contributed by atoms with Gasteiger partial charge in [0, 0.05) is 23.4 Å². The highest BCUT2D eigenvalue weighted by atomic mass is 32.1. The van der Waals surface area contributed by atoms with Gasteiger partial charge >= 0.3 is 5.97 Å². The Balaban J connectivity index is 1.79. The highest BCUT2D eigenvalue weighted by Gasteiger charge is 2.25. The second kappa shape index (κ2) is 6.22. The van der Waals surface area contributed by atoms with Crippen LogP contribution in [0.25, 0.3) is 0 Å². The van der Waals surface area contributed by atoms with E-state index in [1.165, 1.54) is 0 Å². The average molecular weight is 296 g/mol. The van der Waals surface area contributed by atoms with Crippen LogP contribution < -0.4 is 5.32 Å². The van der Waals surface area contributed by atoms with Crippen molar-refractivity contribution in [3.05, 3.63) is 16.1 Å². The van der Waals surface area contributed by atoms with Gasteiger partial charge in [0.05, 0.1) is 11.6 Å². The topological polar surface area (TPSA) is 62.2 Å². The lowest BCUT2D eigenvalue weighted by Crippen LogP contribution is -2.34. The molecule has 0 saturated heterocycles. The lowest BCUT2D eigenvalue weighted by Gasteiger charge is -2.26. The van der Waals surface area contributed by atoms with Crippen LogP contribution in [0.3, 0.4) is 0 Å². The first kappa shape index (κ1) is 15.4. The molecule has 0 aromatic carbocycles. The van der Waals surface area contributed by atoms with E-state index in [1.807, 2.05) is 0 Å². The maximum absolute atomic E-state index is 10.9. The Morgan fingerprint density at radius 3 is 2.55 bits per heavy atom. The summed E-state index contributed by atoms with van der Waals surface area (Å²) in [6.07, 6.45) is 3.49. The third kappa shape index (κ3) is 4.03. The van der Waals surface area contributed by atoms with Crippen LogP contribution in [-0.2, 0) is 16.8 Å². The number of aromatic nitrogens is 1. The second-order valence-corrected chi connectivity index (χ2v) is 7.59. The monoisotopic (exact) mass is 296 g/mol. The quantitative estimate of drug-likeness (QED) is 0.896. The van der Waals surface area contributed by atoms with Crippen molar-refractivity contribution in [2.75, 3.05) is 0 Å². The third-order valence-electron chi connectivity index (χ3n) is 3.94. The van der Waals surface area contributed by atoms with E-state index in [0.29, 0.717) is 6.04 Å². The van der Waals surface area contributed by atoms with E-state index in [9.17, 15) is 4.79 Å². The first-order chi connectivity index (χ1) is 9.36. The molecule has 0 atom stereocenters. The molecule has 5 heteroatoms. The summed E-state index contributed by atoms with van der Waals surface area (Å²) in [7, 11) is 0. The number of carboxylic acid groups (broad SMARTS) is 1. The lowest BCUT2D eigenvalue weighted by atomic mass is 9.86. The first-order valence-electron chi connectivity index (χ1n) is 7.27. The van der Waals surface area contributed by atoms with Crippen LogP contribution in [0.4, 0.5) is 0 Å². The Labute approximate surface area is 124 Å². The van der Waals surface area contributed by atoms with Crippen LogP contribution in [0.5, 0.6) is 0 Å². The molecular formula is C15H24N2O2S. The number of thiazole rings is 1. The Morgan fingerprint density at radius 1 is 1.40 bits per heavy atom. The Hall–Kier alpha value is -0.940. The maximum atomic E-state index is 10.9. The van der Waals surface area contributed by atoms with E-state index in [0.717, 1.165) is 42.9 Å². The van der Waals surface area contributed by atoms with Crippen LogP contribution in [-0.4, -0.2) is 22.1 Å². The molecule has 1 aromatic rings. The zero-order chi connectivity index (χ0) is 14.8. The van der Waals surface area contributed by atoms with E-state index >= 15 is 0 Å². The molecule has 0 unspecified atom stereocenters. The van der Waals surface area contributed by atoms with E-state index in [1.54, 1.807) is 11.3 Å². The summed E-state index contributed by atoms with van der Waals surface area (Å²) in [5.74, 6) is -0.779. The summed E-state index contributed by atoms with van der Waals surface area (Å²) >= 11 is 1.70. The molecule has 1 heterocycles.